The van der Waals surface area contributed by atoms with E-state index in [4.69, 9.17) is 4.74 Å². The summed E-state index contributed by atoms with van der Waals surface area (Å²) in [6, 6.07) is 7.36. The van der Waals surface area contributed by atoms with Crippen LogP contribution in [0.3, 0.4) is 0 Å². The second-order valence-corrected chi connectivity index (χ2v) is 8.54. The summed E-state index contributed by atoms with van der Waals surface area (Å²) in [4.78, 5) is 2.80. The molecule has 1 saturated heterocycles. The maximum absolute atomic E-state index is 5.80. The summed E-state index contributed by atoms with van der Waals surface area (Å²) < 4.78 is 5.80. The molecule has 1 aromatic rings. The number of ether oxygens (including phenoxy) is 1. The summed E-state index contributed by atoms with van der Waals surface area (Å²) in [6.07, 6.45) is 3.87. The summed E-state index contributed by atoms with van der Waals surface area (Å²) in [6.45, 7) is 21.2. The van der Waals surface area contributed by atoms with Crippen LogP contribution in [0.4, 0.5) is 0 Å². The number of aryl methyl sites for hydroxylation is 1. The smallest absolute Gasteiger partial charge is 0.119 e. The minimum absolute atomic E-state index is 0.628. The number of fused-ring (bicyclic) bond motifs is 1. The molecule has 0 aliphatic carbocycles. The van der Waals surface area contributed by atoms with Gasteiger partial charge >= 0.3 is 0 Å². The predicted octanol–water partition coefficient (Wildman–Crippen LogP) is 6.97. The highest BCUT2D eigenvalue weighted by Crippen LogP contribution is 2.41. The average Bonchev–Trinajstić information content (AvgIpc) is 3.13. The van der Waals surface area contributed by atoms with Gasteiger partial charge in [0.2, 0.25) is 0 Å². The number of nitrogens with zero attached hydrogens (tertiary/aromatic N) is 1. The molecule has 3 rings (SSSR count). The van der Waals surface area contributed by atoms with E-state index < -0.39 is 0 Å². The average molecular weight is 386 g/mol. The molecule has 0 saturated carbocycles. The minimum Gasteiger partial charge on any atom is -0.494 e. The zero-order valence-electron chi connectivity index (χ0n) is 19.6. The Hall–Kier alpha value is -1.28. The summed E-state index contributed by atoms with van der Waals surface area (Å²) in [7, 11) is 0. The van der Waals surface area contributed by atoms with Crippen molar-refractivity contribution in [3.05, 3.63) is 34.9 Å². The van der Waals surface area contributed by atoms with Crippen LogP contribution in [0.2, 0.25) is 0 Å². The molecule has 0 N–H and O–H groups in total. The predicted molar refractivity (Wildman–Crippen MR) is 123 cm³/mol. The number of hydrogen-bond acceptors (Lipinski definition) is 2. The maximum atomic E-state index is 5.80. The number of hydrogen-bond donors (Lipinski definition) is 0. The van der Waals surface area contributed by atoms with Gasteiger partial charge in [-0.15, -0.1) is 0 Å². The molecule has 0 spiro atoms. The van der Waals surface area contributed by atoms with Crippen molar-refractivity contribution < 1.29 is 4.74 Å². The Morgan fingerprint density at radius 2 is 1.82 bits per heavy atom. The topological polar surface area (TPSA) is 12.5 Å². The Labute approximate surface area is 174 Å². The third kappa shape index (κ3) is 4.82. The van der Waals surface area contributed by atoms with E-state index in [1.54, 1.807) is 11.1 Å². The summed E-state index contributed by atoms with van der Waals surface area (Å²) >= 11 is 0. The zero-order valence-corrected chi connectivity index (χ0v) is 19.6. The summed E-state index contributed by atoms with van der Waals surface area (Å²) in [5.74, 6) is 3.24. The molecule has 2 unspecified atom stereocenters. The molecule has 2 nitrogen and oxygen atoms in total. The third-order valence-corrected chi connectivity index (χ3v) is 7.16. The first kappa shape index (κ1) is 23.0. The van der Waals surface area contributed by atoms with Gasteiger partial charge in [0.15, 0.2) is 0 Å². The van der Waals surface area contributed by atoms with Crippen LogP contribution in [0, 0.1) is 24.7 Å². The van der Waals surface area contributed by atoms with Crippen LogP contribution in [0.1, 0.15) is 78.9 Å². The van der Waals surface area contributed by atoms with Gasteiger partial charge in [-0.2, -0.15) is 0 Å². The summed E-state index contributed by atoms with van der Waals surface area (Å²) in [5.41, 5.74) is 5.92. The molecular weight excluding hydrogens is 342 g/mol. The van der Waals surface area contributed by atoms with E-state index in [9.17, 15) is 0 Å². The second kappa shape index (κ2) is 10.5. The lowest BCUT2D eigenvalue weighted by Crippen LogP contribution is -2.39. The first-order valence-electron chi connectivity index (χ1n) is 11.6. The van der Waals surface area contributed by atoms with Crippen LogP contribution < -0.4 is 4.74 Å². The monoisotopic (exact) mass is 385 g/mol. The molecule has 2 aliphatic rings. The summed E-state index contributed by atoms with van der Waals surface area (Å²) in [5, 5.41) is 0. The van der Waals surface area contributed by atoms with E-state index >= 15 is 0 Å². The van der Waals surface area contributed by atoms with Crippen LogP contribution in [-0.4, -0.2) is 30.6 Å². The Bertz CT molecular complexity index is 662. The van der Waals surface area contributed by atoms with Crippen molar-refractivity contribution >= 4 is 5.57 Å². The quantitative estimate of drug-likeness (QED) is 0.555. The van der Waals surface area contributed by atoms with Crippen molar-refractivity contribution in [1.82, 2.24) is 4.90 Å². The van der Waals surface area contributed by atoms with Crippen molar-refractivity contribution in [3.8, 4) is 5.75 Å². The SMILES string of the molecule is CC.CCOc1ccc(C)c(/C2=C(\C)[C@@H](C)C(C)C3C[C@H](CC)CN3CC2)c1. The van der Waals surface area contributed by atoms with Crippen molar-refractivity contribution in [2.24, 2.45) is 17.8 Å². The molecule has 0 amide bonds. The standard InChI is InChI=1S/C24H37NO.C2H6/c1-7-20-13-24-19(6)17(4)18(5)22(11-12-25(24)15-20)23-14-21(26-8-2)10-9-16(23)3;1-2/h9-10,14,17,19-20,24H,7-8,11-13,15H2,1-6H3;1-2H3/b22-18+;/t17-,19?,20+,24?;/m1./s1. The van der Waals surface area contributed by atoms with Gasteiger partial charge in [-0.25, -0.2) is 0 Å². The molecular formula is C26H43NO. The lowest BCUT2D eigenvalue weighted by molar-refractivity contribution is 0.171. The molecule has 0 bridgehead atoms. The van der Waals surface area contributed by atoms with Gasteiger partial charge in [-0.1, -0.05) is 52.7 Å². The Balaban J connectivity index is 0.00000136. The van der Waals surface area contributed by atoms with E-state index in [1.807, 2.05) is 13.8 Å². The van der Waals surface area contributed by atoms with E-state index in [2.05, 4.69) is 64.6 Å². The molecule has 2 aliphatic heterocycles. The van der Waals surface area contributed by atoms with E-state index in [0.717, 1.165) is 36.7 Å². The lowest BCUT2D eigenvalue weighted by atomic mass is 9.77. The first-order chi connectivity index (χ1) is 13.5. The van der Waals surface area contributed by atoms with E-state index in [-0.39, 0.29) is 0 Å². The van der Waals surface area contributed by atoms with Gasteiger partial charge < -0.3 is 4.74 Å². The number of benzene rings is 1. The largest absolute Gasteiger partial charge is 0.494 e. The minimum atomic E-state index is 0.628. The van der Waals surface area contributed by atoms with Crippen LogP contribution in [0.15, 0.2) is 23.8 Å². The molecule has 158 valence electrons. The molecule has 2 heterocycles. The van der Waals surface area contributed by atoms with Crippen LogP contribution in [0.5, 0.6) is 5.75 Å². The third-order valence-electron chi connectivity index (χ3n) is 7.16. The second-order valence-electron chi connectivity index (χ2n) is 8.54. The molecule has 0 radical (unpaired) electrons. The molecule has 1 aromatic carbocycles. The molecule has 4 atom stereocenters. The van der Waals surface area contributed by atoms with E-state index in [0.29, 0.717) is 5.92 Å². The maximum Gasteiger partial charge on any atom is 0.119 e. The van der Waals surface area contributed by atoms with Crippen molar-refractivity contribution in [3.63, 3.8) is 0 Å². The normalized spacial score (nSPS) is 30.7. The van der Waals surface area contributed by atoms with Gasteiger partial charge in [-0.3, -0.25) is 4.90 Å². The van der Waals surface area contributed by atoms with Crippen molar-refractivity contribution in [2.75, 3.05) is 19.7 Å². The number of rotatable bonds is 4. The highest BCUT2D eigenvalue weighted by Gasteiger charge is 2.38. The fourth-order valence-electron chi connectivity index (χ4n) is 5.12. The van der Waals surface area contributed by atoms with Crippen molar-refractivity contribution in [2.45, 2.75) is 80.7 Å². The molecule has 1 fully saturated rings. The molecule has 0 aromatic heterocycles. The van der Waals surface area contributed by atoms with Gasteiger partial charge in [0.1, 0.15) is 5.75 Å². The van der Waals surface area contributed by atoms with Gasteiger partial charge in [0, 0.05) is 19.1 Å². The Morgan fingerprint density at radius 3 is 2.46 bits per heavy atom. The lowest BCUT2D eigenvalue weighted by Gasteiger charge is -2.37. The zero-order chi connectivity index (χ0) is 20.8. The van der Waals surface area contributed by atoms with Crippen LogP contribution in [0.25, 0.3) is 5.57 Å². The highest BCUT2D eigenvalue weighted by molar-refractivity contribution is 5.72. The van der Waals surface area contributed by atoms with Crippen LogP contribution >= 0.6 is 0 Å². The number of allylic oxidation sites excluding steroid dienone is 1. The molecule has 2 heteroatoms. The van der Waals surface area contributed by atoms with E-state index in [1.165, 1.54) is 37.1 Å². The van der Waals surface area contributed by atoms with Gasteiger partial charge in [0.05, 0.1) is 6.61 Å². The Kier molecular flexibility index (Phi) is 8.61. The van der Waals surface area contributed by atoms with Gasteiger partial charge in [0.25, 0.3) is 0 Å². The molecule has 28 heavy (non-hydrogen) atoms. The van der Waals surface area contributed by atoms with Crippen LogP contribution in [-0.2, 0) is 0 Å². The fraction of sp³-hybridized carbons (Fsp3) is 0.692. The van der Waals surface area contributed by atoms with Gasteiger partial charge in [-0.05, 0) is 80.2 Å². The highest BCUT2D eigenvalue weighted by atomic mass is 16.5. The first-order valence-corrected chi connectivity index (χ1v) is 11.6. The van der Waals surface area contributed by atoms with Crippen molar-refractivity contribution in [1.29, 1.82) is 0 Å². The fourth-order valence-corrected chi connectivity index (χ4v) is 5.12. The Morgan fingerprint density at radius 1 is 1.11 bits per heavy atom.